The van der Waals surface area contributed by atoms with Crippen LogP contribution in [0.15, 0.2) is 18.2 Å². The Morgan fingerprint density at radius 2 is 2.11 bits per heavy atom. The number of carbonyl (C=O) groups excluding carboxylic acids is 1. The standard InChI is InChI=1S/C13H17FN2O3/c1-4-15(8-9(2)3)13(17)10-5-6-12(16(18)19)11(14)7-10/h5-7,9H,4,8H2,1-3H3. The van der Waals surface area contributed by atoms with Gasteiger partial charge in [-0.1, -0.05) is 13.8 Å². The number of rotatable bonds is 5. The molecule has 0 aromatic heterocycles. The molecule has 0 aliphatic heterocycles. The molecule has 0 N–H and O–H groups in total. The maximum absolute atomic E-state index is 13.5. The van der Waals surface area contributed by atoms with Crippen LogP contribution >= 0.6 is 0 Å². The lowest BCUT2D eigenvalue weighted by molar-refractivity contribution is -0.387. The second-order valence-corrected chi connectivity index (χ2v) is 4.66. The minimum atomic E-state index is -0.989. The average molecular weight is 268 g/mol. The number of amides is 1. The lowest BCUT2D eigenvalue weighted by Crippen LogP contribution is -2.34. The van der Waals surface area contributed by atoms with Crippen LogP contribution in [0.3, 0.4) is 0 Å². The van der Waals surface area contributed by atoms with Crippen LogP contribution in [0, 0.1) is 21.8 Å². The molecule has 1 aromatic rings. The van der Waals surface area contributed by atoms with Crippen LogP contribution in [0.1, 0.15) is 31.1 Å². The number of hydrogen-bond acceptors (Lipinski definition) is 3. The van der Waals surface area contributed by atoms with Crippen molar-refractivity contribution in [1.82, 2.24) is 4.90 Å². The van der Waals surface area contributed by atoms with E-state index in [1.165, 1.54) is 6.07 Å². The van der Waals surface area contributed by atoms with Crippen molar-refractivity contribution in [3.63, 3.8) is 0 Å². The number of benzene rings is 1. The average Bonchev–Trinajstić information content (AvgIpc) is 2.34. The number of nitro benzene ring substituents is 1. The Balaban J connectivity index is 2.99. The van der Waals surface area contributed by atoms with E-state index in [4.69, 9.17) is 0 Å². The smallest absolute Gasteiger partial charge is 0.304 e. The minimum Gasteiger partial charge on any atom is -0.339 e. The summed E-state index contributed by atoms with van der Waals surface area (Å²) in [7, 11) is 0. The van der Waals surface area contributed by atoms with E-state index < -0.39 is 16.4 Å². The second-order valence-electron chi connectivity index (χ2n) is 4.66. The third-order valence-electron chi connectivity index (χ3n) is 2.65. The Morgan fingerprint density at radius 3 is 2.53 bits per heavy atom. The molecule has 0 fully saturated rings. The molecule has 0 unspecified atom stereocenters. The quantitative estimate of drug-likeness (QED) is 0.609. The highest BCUT2D eigenvalue weighted by Crippen LogP contribution is 2.19. The Kier molecular flexibility index (Phi) is 4.97. The van der Waals surface area contributed by atoms with E-state index in [0.29, 0.717) is 19.0 Å². The highest BCUT2D eigenvalue weighted by molar-refractivity contribution is 5.94. The summed E-state index contributed by atoms with van der Waals surface area (Å²) in [6.07, 6.45) is 0. The SMILES string of the molecule is CCN(CC(C)C)C(=O)c1ccc([N+](=O)[O-])c(F)c1. The monoisotopic (exact) mass is 268 g/mol. The first-order valence-corrected chi connectivity index (χ1v) is 6.10. The van der Waals surface area contributed by atoms with Gasteiger partial charge in [-0.15, -0.1) is 0 Å². The van der Waals surface area contributed by atoms with Crippen LogP contribution in [0.5, 0.6) is 0 Å². The highest BCUT2D eigenvalue weighted by Gasteiger charge is 2.20. The van der Waals surface area contributed by atoms with Crippen LogP contribution in [0.4, 0.5) is 10.1 Å². The fourth-order valence-corrected chi connectivity index (χ4v) is 1.77. The summed E-state index contributed by atoms with van der Waals surface area (Å²) in [5.41, 5.74) is -0.492. The third kappa shape index (κ3) is 3.74. The van der Waals surface area contributed by atoms with Crippen LogP contribution in [0.25, 0.3) is 0 Å². The van der Waals surface area contributed by atoms with Crippen molar-refractivity contribution in [3.05, 3.63) is 39.7 Å². The summed E-state index contributed by atoms with van der Waals surface area (Å²) in [4.78, 5) is 23.4. The first-order chi connectivity index (χ1) is 8.86. The first kappa shape index (κ1) is 15.1. The molecular weight excluding hydrogens is 251 g/mol. The van der Waals surface area contributed by atoms with Gasteiger partial charge in [-0.2, -0.15) is 4.39 Å². The molecule has 1 rings (SSSR count). The summed E-state index contributed by atoms with van der Waals surface area (Å²) in [6, 6.07) is 3.22. The van der Waals surface area contributed by atoms with Crippen molar-refractivity contribution in [2.24, 2.45) is 5.92 Å². The lowest BCUT2D eigenvalue weighted by Gasteiger charge is -2.22. The summed E-state index contributed by atoms with van der Waals surface area (Å²) in [5, 5.41) is 10.5. The Bertz CT molecular complexity index is 489. The fourth-order valence-electron chi connectivity index (χ4n) is 1.77. The molecule has 0 aliphatic rings. The second kappa shape index (κ2) is 6.26. The van der Waals surface area contributed by atoms with Gasteiger partial charge in [0.05, 0.1) is 4.92 Å². The van der Waals surface area contributed by atoms with Gasteiger partial charge in [-0.05, 0) is 25.0 Å². The predicted octanol–water partition coefficient (Wildman–Crippen LogP) is 2.85. The Hall–Kier alpha value is -1.98. The summed E-state index contributed by atoms with van der Waals surface area (Å²) < 4.78 is 13.5. The van der Waals surface area contributed by atoms with Gasteiger partial charge < -0.3 is 4.90 Å². The van der Waals surface area contributed by atoms with Gasteiger partial charge in [0.2, 0.25) is 5.82 Å². The van der Waals surface area contributed by atoms with Gasteiger partial charge in [-0.25, -0.2) is 0 Å². The summed E-state index contributed by atoms with van der Waals surface area (Å²) >= 11 is 0. The van der Waals surface area contributed by atoms with E-state index in [2.05, 4.69) is 0 Å². The zero-order valence-corrected chi connectivity index (χ0v) is 11.2. The maximum atomic E-state index is 13.5. The first-order valence-electron chi connectivity index (χ1n) is 6.10. The largest absolute Gasteiger partial charge is 0.339 e. The molecule has 0 radical (unpaired) electrons. The molecule has 104 valence electrons. The molecule has 5 nitrogen and oxygen atoms in total. The molecule has 0 heterocycles. The van der Waals surface area contributed by atoms with Gasteiger partial charge >= 0.3 is 5.69 Å². The van der Waals surface area contributed by atoms with E-state index in [1.807, 2.05) is 20.8 Å². The molecule has 0 bridgehead atoms. The molecule has 0 saturated heterocycles. The fraction of sp³-hybridized carbons (Fsp3) is 0.462. The van der Waals surface area contributed by atoms with Gasteiger partial charge in [0.25, 0.3) is 5.91 Å². The van der Waals surface area contributed by atoms with Gasteiger partial charge in [0, 0.05) is 24.7 Å². The van der Waals surface area contributed by atoms with Crippen LogP contribution in [-0.2, 0) is 0 Å². The van der Waals surface area contributed by atoms with Gasteiger partial charge in [0.1, 0.15) is 0 Å². The summed E-state index contributed by atoms with van der Waals surface area (Å²) in [6.45, 7) is 6.87. The van der Waals surface area contributed by atoms with E-state index in [0.717, 1.165) is 12.1 Å². The molecule has 0 spiro atoms. The zero-order chi connectivity index (χ0) is 14.6. The van der Waals surface area contributed by atoms with Crippen LogP contribution in [-0.4, -0.2) is 28.8 Å². The molecular formula is C13H17FN2O3. The van der Waals surface area contributed by atoms with Crippen LogP contribution in [0.2, 0.25) is 0 Å². The molecule has 0 saturated carbocycles. The Labute approximate surface area is 111 Å². The van der Waals surface area contributed by atoms with Crippen molar-refractivity contribution < 1.29 is 14.1 Å². The number of halogens is 1. The van der Waals surface area contributed by atoms with Gasteiger partial charge in [0.15, 0.2) is 0 Å². The lowest BCUT2D eigenvalue weighted by atomic mass is 10.1. The number of carbonyl (C=O) groups is 1. The molecule has 1 amide bonds. The van der Waals surface area contributed by atoms with Crippen LogP contribution < -0.4 is 0 Å². The van der Waals surface area contributed by atoms with Crippen molar-refractivity contribution in [1.29, 1.82) is 0 Å². The molecule has 19 heavy (non-hydrogen) atoms. The third-order valence-corrected chi connectivity index (χ3v) is 2.65. The normalized spacial score (nSPS) is 10.6. The maximum Gasteiger partial charge on any atom is 0.304 e. The number of hydrogen-bond donors (Lipinski definition) is 0. The van der Waals surface area contributed by atoms with Crippen molar-refractivity contribution in [2.75, 3.05) is 13.1 Å². The number of nitro groups is 1. The zero-order valence-electron chi connectivity index (χ0n) is 11.2. The predicted molar refractivity (Wildman–Crippen MR) is 69.5 cm³/mol. The highest BCUT2D eigenvalue weighted by atomic mass is 19.1. The van der Waals surface area contributed by atoms with E-state index in [1.54, 1.807) is 4.90 Å². The minimum absolute atomic E-state index is 0.130. The topological polar surface area (TPSA) is 63.5 Å². The molecule has 0 atom stereocenters. The molecule has 1 aromatic carbocycles. The van der Waals surface area contributed by atoms with Crippen molar-refractivity contribution in [2.45, 2.75) is 20.8 Å². The van der Waals surface area contributed by atoms with Gasteiger partial charge in [-0.3, -0.25) is 14.9 Å². The Morgan fingerprint density at radius 1 is 1.47 bits per heavy atom. The van der Waals surface area contributed by atoms with E-state index in [-0.39, 0.29) is 11.5 Å². The molecule has 6 heteroatoms. The van der Waals surface area contributed by atoms with E-state index in [9.17, 15) is 19.3 Å². The number of nitrogens with zero attached hydrogens (tertiary/aromatic N) is 2. The molecule has 0 aliphatic carbocycles. The van der Waals surface area contributed by atoms with Crippen molar-refractivity contribution >= 4 is 11.6 Å². The van der Waals surface area contributed by atoms with Crippen molar-refractivity contribution in [3.8, 4) is 0 Å². The summed E-state index contributed by atoms with van der Waals surface area (Å²) in [5.74, 6) is -1.01. The van der Waals surface area contributed by atoms with E-state index >= 15 is 0 Å².